The summed E-state index contributed by atoms with van der Waals surface area (Å²) in [5.74, 6) is 0.0569. The maximum atomic E-state index is 12.5. The SMILES string of the molecule is COc1ccc(COC(=O)[C@@H]2C[C@H](CO)CN2C(=O)OC(C)(C)C)cc1. The number of rotatable bonds is 5. The van der Waals surface area contributed by atoms with Crippen molar-refractivity contribution in [2.75, 3.05) is 20.3 Å². The minimum atomic E-state index is -0.750. The van der Waals surface area contributed by atoms with Crippen molar-refractivity contribution in [1.29, 1.82) is 0 Å². The lowest BCUT2D eigenvalue weighted by atomic mass is 10.1. The van der Waals surface area contributed by atoms with Gasteiger partial charge in [0.15, 0.2) is 0 Å². The lowest BCUT2D eigenvalue weighted by molar-refractivity contribution is -0.150. The Morgan fingerprint density at radius 3 is 2.42 bits per heavy atom. The Labute approximate surface area is 153 Å². The first-order chi connectivity index (χ1) is 12.2. The molecule has 1 heterocycles. The second-order valence-electron chi connectivity index (χ2n) is 7.39. The van der Waals surface area contributed by atoms with Crippen LogP contribution in [0.2, 0.25) is 0 Å². The van der Waals surface area contributed by atoms with E-state index in [1.807, 2.05) is 12.1 Å². The molecular weight excluding hydrogens is 338 g/mol. The zero-order chi connectivity index (χ0) is 19.3. The number of esters is 1. The maximum Gasteiger partial charge on any atom is 0.411 e. The molecule has 7 heteroatoms. The molecule has 1 aromatic carbocycles. The van der Waals surface area contributed by atoms with E-state index in [0.29, 0.717) is 6.42 Å². The number of methoxy groups -OCH3 is 1. The first-order valence-electron chi connectivity index (χ1n) is 8.63. The highest BCUT2D eigenvalue weighted by Gasteiger charge is 2.42. The Morgan fingerprint density at radius 1 is 1.23 bits per heavy atom. The van der Waals surface area contributed by atoms with E-state index in [4.69, 9.17) is 14.2 Å². The van der Waals surface area contributed by atoms with E-state index in [9.17, 15) is 14.7 Å². The number of ether oxygens (including phenoxy) is 3. The predicted molar refractivity (Wildman–Crippen MR) is 94.7 cm³/mol. The van der Waals surface area contributed by atoms with E-state index in [-0.39, 0.29) is 25.7 Å². The number of benzene rings is 1. The molecule has 1 aliphatic rings. The number of carbonyl (C=O) groups excluding carboxylic acids is 2. The summed E-state index contributed by atoms with van der Waals surface area (Å²) in [6, 6.07) is 6.44. The summed E-state index contributed by atoms with van der Waals surface area (Å²) >= 11 is 0. The van der Waals surface area contributed by atoms with Crippen LogP contribution in [0.25, 0.3) is 0 Å². The summed E-state index contributed by atoms with van der Waals surface area (Å²) in [7, 11) is 1.58. The smallest absolute Gasteiger partial charge is 0.411 e. The molecule has 0 aliphatic carbocycles. The van der Waals surface area contributed by atoms with Gasteiger partial charge in [0.1, 0.15) is 24.0 Å². The zero-order valence-corrected chi connectivity index (χ0v) is 15.7. The largest absolute Gasteiger partial charge is 0.497 e. The van der Waals surface area contributed by atoms with Crippen LogP contribution in [0, 0.1) is 5.92 Å². The summed E-state index contributed by atoms with van der Waals surface area (Å²) in [4.78, 5) is 26.2. The summed E-state index contributed by atoms with van der Waals surface area (Å²) in [5.41, 5.74) is 0.158. The lowest BCUT2D eigenvalue weighted by Crippen LogP contribution is -2.44. The molecule has 0 unspecified atom stereocenters. The van der Waals surface area contributed by atoms with Crippen molar-refractivity contribution in [1.82, 2.24) is 4.90 Å². The summed E-state index contributed by atoms with van der Waals surface area (Å²) in [5, 5.41) is 9.41. The van der Waals surface area contributed by atoms with Crippen LogP contribution < -0.4 is 4.74 Å². The molecular formula is C19H27NO6. The molecule has 1 aliphatic heterocycles. The Bertz CT molecular complexity index is 622. The first-order valence-corrected chi connectivity index (χ1v) is 8.63. The Hall–Kier alpha value is -2.28. The second kappa shape index (κ2) is 8.40. The molecule has 2 rings (SSSR count). The van der Waals surface area contributed by atoms with E-state index in [0.717, 1.165) is 11.3 Å². The molecule has 1 aromatic rings. The van der Waals surface area contributed by atoms with Gasteiger partial charge in [-0.3, -0.25) is 4.90 Å². The highest BCUT2D eigenvalue weighted by molar-refractivity contribution is 5.82. The van der Waals surface area contributed by atoms with Gasteiger partial charge >= 0.3 is 12.1 Å². The molecule has 1 fully saturated rings. The van der Waals surface area contributed by atoms with Gasteiger partial charge in [0.05, 0.1) is 7.11 Å². The van der Waals surface area contributed by atoms with Crippen LogP contribution in [0.5, 0.6) is 5.75 Å². The molecule has 0 spiro atoms. The van der Waals surface area contributed by atoms with Crippen LogP contribution in [0.3, 0.4) is 0 Å². The number of amides is 1. The topological polar surface area (TPSA) is 85.3 Å². The molecule has 0 radical (unpaired) electrons. The molecule has 1 amide bonds. The fourth-order valence-electron chi connectivity index (χ4n) is 2.77. The summed E-state index contributed by atoms with van der Waals surface area (Å²) in [6.45, 7) is 5.57. The van der Waals surface area contributed by atoms with Crippen molar-refractivity contribution in [3.63, 3.8) is 0 Å². The number of carbonyl (C=O) groups is 2. The van der Waals surface area contributed by atoms with Gasteiger partial charge in [0, 0.05) is 19.1 Å². The number of hydrogen-bond donors (Lipinski definition) is 1. The van der Waals surface area contributed by atoms with E-state index in [1.54, 1.807) is 40.0 Å². The van der Waals surface area contributed by atoms with Crippen LogP contribution in [0.1, 0.15) is 32.8 Å². The Morgan fingerprint density at radius 2 is 1.88 bits per heavy atom. The third kappa shape index (κ3) is 5.36. The van der Waals surface area contributed by atoms with Crippen molar-refractivity contribution in [2.45, 2.75) is 45.4 Å². The third-order valence-corrected chi connectivity index (χ3v) is 4.09. The molecule has 7 nitrogen and oxygen atoms in total. The van der Waals surface area contributed by atoms with Gasteiger partial charge in [-0.1, -0.05) is 12.1 Å². The van der Waals surface area contributed by atoms with Gasteiger partial charge in [0.2, 0.25) is 0 Å². The molecule has 1 N–H and O–H groups in total. The van der Waals surface area contributed by atoms with Crippen LogP contribution in [0.4, 0.5) is 4.79 Å². The van der Waals surface area contributed by atoms with E-state index in [2.05, 4.69) is 0 Å². The van der Waals surface area contributed by atoms with Gasteiger partial charge in [-0.2, -0.15) is 0 Å². The fraction of sp³-hybridized carbons (Fsp3) is 0.579. The minimum Gasteiger partial charge on any atom is -0.497 e. The van der Waals surface area contributed by atoms with Crippen molar-refractivity contribution in [3.8, 4) is 5.75 Å². The van der Waals surface area contributed by atoms with Crippen molar-refractivity contribution >= 4 is 12.1 Å². The molecule has 0 saturated carbocycles. The van der Waals surface area contributed by atoms with Gasteiger partial charge in [-0.15, -0.1) is 0 Å². The quantitative estimate of drug-likeness (QED) is 0.806. The van der Waals surface area contributed by atoms with Gasteiger partial charge in [-0.25, -0.2) is 9.59 Å². The Balaban J connectivity index is 2.00. The highest BCUT2D eigenvalue weighted by atomic mass is 16.6. The standard InChI is InChI=1S/C19H27NO6/c1-19(2,3)26-18(23)20-10-14(11-21)9-16(20)17(22)25-12-13-5-7-15(24-4)8-6-13/h5-8,14,16,21H,9-12H2,1-4H3/t14-,16-/m0/s1. The first kappa shape index (κ1) is 20.0. The van der Waals surface area contributed by atoms with Gasteiger partial charge in [0.25, 0.3) is 0 Å². The van der Waals surface area contributed by atoms with Crippen molar-refractivity contribution in [2.24, 2.45) is 5.92 Å². The molecule has 26 heavy (non-hydrogen) atoms. The average molecular weight is 365 g/mol. The van der Waals surface area contributed by atoms with Crippen LogP contribution >= 0.6 is 0 Å². The number of hydrogen-bond acceptors (Lipinski definition) is 6. The predicted octanol–water partition coefficient (Wildman–Crippen LogP) is 2.36. The molecule has 0 bridgehead atoms. The van der Waals surface area contributed by atoms with E-state index in [1.165, 1.54) is 4.90 Å². The number of nitrogens with zero attached hydrogens (tertiary/aromatic N) is 1. The van der Waals surface area contributed by atoms with E-state index < -0.39 is 23.7 Å². The normalized spacial score (nSPS) is 20.0. The number of aliphatic hydroxyl groups excluding tert-OH is 1. The molecule has 144 valence electrons. The van der Waals surface area contributed by atoms with Gasteiger partial charge < -0.3 is 19.3 Å². The van der Waals surface area contributed by atoms with E-state index >= 15 is 0 Å². The summed E-state index contributed by atoms with van der Waals surface area (Å²) in [6.07, 6.45) is -0.211. The second-order valence-corrected chi connectivity index (χ2v) is 7.39. The molecule has 1 saturated heterocycles. The fourth-order valence-corrected chi connectivity index (χ4v) is 2.77. The number of aliphatic hydroxyl groups is 1. The molecule has 0 aromatic heterocycles. The maximum absolute atomic E-state index is 12.5. The summed E-state index contributed by atoms with van der Waals surface area (Å²) < 4.78 is 15.8. The number of likely N-dealkylation sites (tertiary alicyclic amines) is 1. The lowest BCUT2D eigenvalue weighted by Gasteiger charge is -2.27. The third-order valence-electron chi connectivity index (χ3n) is 4.09. The monoisotopic (exact) mass is 365 g/mol. The molecule has 2 atom stereocenters. The zero-order valence-electron chi connectivity index (χ0n) is 15.7. The van der Waals surface area contributed by atoms with Crippen LogP contribution in [0.15, 0.2) is 24.3 Å². The van der Waals surface area contributed by atoms with Crippen LogP contribution in [-0.2, 0) is 20.9 Å². The van der Waals surface area contributed by atoms with Crippen molar-refractivity contribution in [3.05, 3.63) is 29.8 Å². The van der Waals surface area contributed by atoms with Crippen molar-refractivity contribution < 1.29 is 28.9 Å². The van der Waals surface area contributed by atoms with Crippen LogP contribution in [-0.4, -0.2) is 54.0 Å². The highest BCUT2D eigenvalue weighted by Crippen LogP contribution is 2.26. The Kier molecular flexibility index (Phi) is 6.47. The van der Waals surface area contributed by atoms with Gasteiger partial charge in [-0.05, 0) is 44.9 Å². The average Bonchev–Trinajstić information content (AvgIpc) is 3.03. The minimum absolute atomic E-state index is 0.0957.